The van der Waals surface area contributed by atoms with Crippen molar-refractivity contribution in [1.29, 1.82) is 0 Å². The number of nitrogens with zero attached hydrogens (tertiary/aromatic N) is 2. The molecule has 0 amide bonds. The molecule has 104 valence electrons. The predicted molar refractivity (Wildman–Crippen MR) is 72.8 cm³/mol. The lowest BCUT2D eigenvalue weighted by Crippen LogP contribution is -2.28. The first-order chi connectivity index (χ1) is 8.93. The number of aromatic nitrogens is 2. The van der Waals surface area contributed by atoms with E-state index in [-0.39, 0.29) is 17.3 Å². The number of carbonyl (C=O) groups is 1. The van der Waals surface area contributed by atoms with Crippen molar-refractivity contribution in [3.63, 3.8) is 0 Å². The van der Waals surface area contributed by atoms with Gasteiger partial charge in [-0.1, -0.05) is 20.8 Å². The Morgan fingerprint density at radius 3 is 2.37 bits per heavy atom. The van der Waals surface area contributed by atoms with Gasteiger partial charge in [-0.3, -0.25) is 4.79 Å². The van der Waals surface area contributed by atoms with Crippen LogP contribution >= 0.6 is 0 Å². The van der Waals surface area contributed by atoms with Crippen LogP contribution in [0.5, 0.6) is 0 Å². The summed E-state index contributed by atoms with van der Waals surface area (Å²) in [6, 6.07) is 0. The summed E-state index contributed by atoms with van der Waals surface area (Å²) < 4.78 is 5.18. The quantitative estimate of drug-likeness (QED) is 0.783. The van der Waals surface area contributed by atoms with Crippen molar-refractivity contribution >= 4 is 5.97 Å². The highest BCUT2D eigenvalue weighted by atomic mass is 16.5. The van der Waals surface area contributed by atoms with Gasteiger partial charge in [-0.15, -0.1) is 0 Å². The lowest BCUT2D eigenvalue weighted by atomic mass is 9.77. The van der Waals surface area contributed by atoms with Crippen molar-refractivity contribution < 1.29 is 9.53 Å². The average Bonchev–Trinajstić information content (AvgIpc) is 3.12. The number of carbonyl (C=O) groups excluding carboxylic acids is 1. The van der Waals surface area contributed by atoms with Crippen LogP contribution in [0.4, 0.5) is 0 Å². The highest BCUT2D eigenvalue weighted by molar-refractivity contribution is 5.78. The number of hydrogen-bond acceptors (Lipinski definition) is 4. The Labute approximate surface area is 114 Å². The zero-order valence-electron chi connectivity index (χ0n) is 12.1. The molecule has 0 spiro atoms. The average molecular weight is 262 g/mol. The molecule has 1 unspecified atom stereocenters. The molecule has 1 saturated carbocycles. The van der Waals surface area contributed by atoms with Gasteiger partial charge in [0.15, 0.2) is 0 Å². The first kappa shape index (κ1) is 14.0. The lowest BCUT2D eigenvalue weighted by molar-refractivity contribution is -0.147. The molecule has 0 saturated heterocycles. The minimum Gasteiger partial charge on any atom is -0.466 e. The second-order valence-corrected chi connectivity index (χ2v) is 6.20. The molecule has 1 atom stereocenters. The van der Waals surface area contributed by atoms with Crippen molar-refractivity contribution in [1.82, 2.24) is 9.97 Å². The normalized spacial score (nSPS) is 17.1. The minimum absolute atomic E-state index is 0.197. The number of ether oxygens (including phenoxy) is 1. The van der Waals surface area contributed by atoms with E-state index in [1.165, 1.54) is 12.8 Å². The van der Waals surface area contributed by atoms with E-state index in [2.05, 4.69) is 9.97 Å². The Morgan fingerprint density at radius 2 is 1.95 bits per heavy atom. The summed E-state index contributed by atoms with van der Waals surface area (Å²) >= 11 is 0. The van der Waals surface area contributed by atoms with E-state index in [9.17, 15) is 4.79 Å². The summed E-state index contributed by atoms with van der Waals surface area (Å²) in [5.74, 6) is 0.920. The van der Waals surface area contributed by atoms with Crippen molar-refractivity contribution in [2.75, 3.05) is 6.61 Å². The summed E-state index contributed by atoms with van der Waals surface area (Å²) in [7, 11) is 0. The molecule has 1 fully saturated rings. The molecule has 19 heavy (non-hydrogen) atoms. The zero-order valence-corrected chi connectivity index (χ0v) is 12.1. The second kappa shape index (κ2) is 5.27. The first-order valence-corrected chi connectivity index (χ1v) is 6.92. The molecule has 0 radical (unpaired) electrons. The first-order valence-electron chi connectivity index (χ1n) is 6.92. The third-order valence-electron chi connectivity index (χ3n) is 3.36. The van der Waals surface area contributed by atoms with E-state index in [1.54, 1.807) is 12.4 Å². The smallest absolute Gasteiger partial charge is 0.314 e. The molecule has 1 aromatic rings. The van der Waals surface area contributed by atoms with Crippen molar-refractivity contribution in [2.45, 2.75) is 52.4 Å². The summed E-state index contributed by atoms with van der Waals surface area (Å²) in [6.45, 7) is 8.31. The largest absolute Gasteiger partial charge is 0.466 e. The maximum atomic E-state index is 12.1. The molecule has 1 aliphatic carbocycles. The fraction of sp³-hybridized carbons (Fsp3) is 0.667. The van der Waals surface area contributed by atoms with Gasteiger partial charge in [-0.05, 0) is 25.2 Å². The maximum Gasteiger partial charge on any atom is 0.314 e. The summed E-state index contributed by atoms with van der Waals surface area (Å²) in [6.07, 6.45) is 5.93. The molecule has 4 heteroatoms. The Bertz CT molecular complexity index is 444. The van der Waals surface area contributed by atoms with Crippen LogP contribution in [0.25, 0.3) is 0 Å². The molecule has 1 aromatic heterocycles. The third-order valence-corrected chi connectivity index (χ3v) is 3.36. The van der Waals surface area contributed by atoms with Gasteiger partial charge in [-0.25, -0.2) is 9.97 Å². The van der Waals surface area contributed by atoms with Crippen LogP contribution in [0.15, 0.2) is 12.4 Å². The van der Waals surface area contributed by atoms with Crippen LogP contribution in [0.2, 0.25) is 0 Å². The molecule has 1 aliphatic rings. The van der Waals surface area contributed by atoms with E-state index in [1.807, 2.05) is 27.7 Å². The Morgan fingerprint density at radius 1 is 1.37 bits per heavy atom. The van der Waals surface area contributed by atoms with Crippen molar-refractivity contribution in [3.05, 3.63) is 23.8 Å². The van der Waals surface area contributed by atoms with E-state index < -0.39 is 0 Å². The van der Waals surface area contributed by atoms with Gasteiger partial charge < -0.3 is 4.74 Å². The van der Waals surface area contributed by atoms with Gasteiger partial charge in [0.05, 0.1) is 12.5 Å². The van der Waals surface area contributed by atoms with Crippen molar-refractivity contribution in [2.24, 2.45) is 5.41 Å². The SMILES string of the molecule is CCOC(=O)C(c1cnc(C2CC2)nc1)C(C)(C)C. The molecular formula is C15H22N2O2. The lowest BCUT2D eigenvalue weighted by Gasteiger charge is -2.28. The van der Waals surface area contributed by atoms with Gasteiger partial charge in [0.2, 0.25) is 0 Å². The van der Waals surface area contributed by atoms with Crippen molar-refractivity contribution in [3.8, 4) is 0 Å². The Hall–Kier alpha value is -1.45. The van der Waals surface area contributed by atoms with E-state index in [0.29, 0.717) is 12.5 Å². The zero-order chi connectivity index (χ0) is 14.0. The molecule has 1 heterocycles. The Balaban J connectivity index is 2.24. The van der Waals surface area contributed by atoms with Crippen LogP contribution in [-0.2, 0) is 9.53 Å². The minimum atomic E-state index is -0.319. The molecule has 0 aromatic carbocycles. The topological polar surface area (TPSA) is 52.1 Å². The fourth-order valence-electron chi connectivity index (χ4n) is 2.26. The summed E-state index contributed by atoms with van der Waals surface area (Å²) in [5, 5.41) is 0. The highest BCUT2D eigenvalue weighted by Crippen LogP contribution is 2.39. The Kier molecular flexibility index (Phi) is 3.88. The van der Waals surface area contributed by atoms with Crippen LogP contribution in [0.1, 0.15) is 63.8 Å². The summed E-state index contributed by atoms with van der Waals surface area (Å²) in [4.78, 5) is 20.9. The molecule has 2 rings (SSSR count). The second-order valence-electron chi connectivity index (χ2n) is 6.20. The molecule has 0 aliphatic heterocycles. The van der Waals surface area contributed by atoms with Gasteiger partial charge in [-0.2, -0.15) is 0 Å². The van der Waals surface area contributed by atoms with E-state index in [4.69, 9.17) is 4.74 Å². The number of rotatable bonds is 4. The predicted octanol–water partition coefficient (Wildman–Crippen LogP) is 3.05. The number of esters is 1. The van der Waals surface area contributed by atoms with Crippen LogP contribution in [-0.4, -0.2) is 22.5 Å². The van der Waals surface area contributed by atoms with Crippen LogP contribution < -0.4 is 0 Å². The summed E-state index contributed by atoms with van der Waals surface area (Å²) in [5.41, 5.74) is 0.631. The maximum absolute atomic E-state index is 12.1. The molecule has 4 nitrogen and oxygen atoms in total. The van der Waals surface area contributed by atoms with Crippen LogP contribution in [0, 0.1) is 5.41 Å². The number of hydrogen-bond donors (Lipinski definition) is 0. The van der Waals surface area contributed by atoms with Gasteiger partial charge in [0.25, 0.3) is 0 Å². The van der Waals surface area contributed by atoms with Crippen LogP contribution in [0.3, 0.4) is 0 Å². The van der Waals surface area contributed by atoms with Gasteiger partial charge >= 0.3 is 5.97 Å². The molecule has 0 bridgehead atoms. The molecular weight excluding hydrogens is 240 g/mol. The monoisotopic (exact) mass is 262 g/mol. The van der Waals surface area contributed by atoms with Gasteiger partial charge in [0.1, 0.15) is 5.82 Å². The fourth-order valence-corrected chi connectivity index (χ4v) is 2.26. The highest BCUT2D eigenvalue weighted by Gasteiger charge is 2.35. The van der Waals surface area contributed by atoms with E-state index >= 15 is 0 Å². The standard InChI is InChI=1S/C15H22N2O2/c1-5-19-14(18)12(15(2,3)4)11-8-16-13(17-9-11)10-6-7-10/h8-10,12H,5-7H2,1-4H3. The molecule has 0 N–H and O–H groups in total. The third kappa shape index (κ3) is 3.31. The van der Waals surface area contributed by atoms with Gasteiger partial charge in [0, 0.05) is 23.9 Å². The van der Waals surface area contributed by atoms with E-state index in [0.717, 1.165) is 11.4 Å².